The Bertz CT molecular complexity index is 177. The van der Waals surface area contributed by atoms with Crippen LogP contribution in [0.4, 0.5) is 0 Å². The molecule has 0 aliphatic rings. The predicted octanol–water partition coefficient (Wildman–Crippen LogP) is 0.900. The van der Waals surface area contributed by atoms with Crippen molar-refractivity contribution >= 4 is 9.05 Å². The molecule has 0 aliphatic heterocycles. The number of hydrogen-bond donors (Lipinski definition) is 3. The maximum Gasteiger partial charge on any atom is 0.741 e. The van der Waals surface area contributed by atoms with Crippen LogP contribution in [0.2, 0.25) is 0 Å². The van der Waals surface area contributed by atoms with Gasteiger partial charge in [-0.25, -0.2) is 0 Å². The van der Waals surface area contributed by atoms with Crippen LogP contribution in [0.5, 0.6) is 0 Å². The Morgan fingerprint density at radius 2 is 1.46 bits per heavy atom. The molecule has 0 bridgehead atoms. The smallest absolute Gasteiger partial charge is 0.484 e. The van der Waals surface area contributed by atoms with E-state index in [0.717, 1.165) is 18.4 Å². The molecule has 0 aliphatic carbocycles. The van der Waals surface area contributed by atoms with Gasteiger partial charge >= 0.3 is 9.05 Å². The van der Waals surface area contributed by atoms with Gasteiger partial charge in [0.05, 0.1) is 5.76 Å². The minimum atomic E-state index is -4.39. The predicted molar refractivity (Wildman–Crippen MR) is 51.4 cm³/mol. The summed E-state index contributed by atoms with van der Waals surface area (Å²) in [7, 11) is -4.39. The Balaban J connectivity index is 4.57. The third-order valence-electron chi connectivity index (χ3n) is 1.83. The highest BCUT2D eigenvalue weighted by Crippen LogP contribution is 2.18. The molecule has 5 heteroatoms. The lowest BCUT2D eigenvalue weighted by atomic mass is 10.1. The topological polar surface area (TPSA) is 69.9 Å². The number of hydrogen-bond acceptors (Lipinski definition) is 4. The van der Waals surface area contributed by atoms with E-state index in [2.05, 4.69) is 0 Å². The van der Waals surface area contributed by atoms with Gasteiger partial charge in [-0.3, -0.25) is 0 Å². The molecule has 13 heavy (non-hydrogen) atoms. The second-order valence-corrected chi connectivity index (χ2v) is 4.12. The molecule has 0 saturated carbocycles. The summed E-state index contributed by atoms with van der Waals surface area (Å²) in [6, 6.07) is 0. The average molecular weight is 206 g/mol. The fourth-order valence-corrected chi connectivity index (χ4v) is 1.82. The standard InChI is InChI=1S/C8H18O4Si/c1-4-7(5-2)8(6-3)12-13(9,10)11/h9-11H,4-6H2,1-3H3. The van der Waals surface area contributed by atoms with Gasteiger partial charge < -0.3 is 18.8 Å². The van der Waals surface area contributed by atoms with Crippen molar-refractivity contribution in [3.8, 4) is 0 Å². The molecule has 0 fully saturated rings. The SMILES string of the molecule is CCC(CC)=C(CC)O[Si](O)(O)O. The molecule has 0 saturated heterocycles. The van der Waals surface area contributed by atoms with E-state index in [0.29, 0.717) is 12.2 Å². The molecule has 0 amide bonds. The number of rotatable bonds is 5. The van der Waals surface area contributed by atoms with Crippen LogP contribution in [0.25, 0.3) is 0 Å². The van der Waals surface area contributed by atoms with Crippen molar-refractivity contribution in [3.05, 3.63) is 11.3 Å². The zero-order valence-electron chi connectivity index (χ0n) is 8.37. The monoisotopic (exact) mass is 206 g/mol. The van der Waals surface area contributed by atoms with E-state index in [1.54, 1.807) is 0 Å². The molecule has 0 spiro atoms. The van der Waals surface area contributed by atoms with E-state index < -0.39 is 9.05 Å². The summed E-state index contributed by atoms with van der Waals surface area (Å²) in [4.78, 5) is 26.3. The van der Waals surface area contributed by atoms with Gasteiger partial charge in [-0.1, -0.05) is 20.8 Å². The molecule has 0 aromatic carbocycles. The van der Waals surface area contributed by atoms with Crippen molar-refractivity contribution in [1.29, 1.82) is 0 Å². The molecule has 0 aromatic heterocycles. The molecular formula is C8H18O4Si. The normalized spacial score (nSPS) is 11.2. The van der Waals surface area contributed by atoms with Crippen LogP contribution in [0.15, 0.2) is 11.3 Å². The van der Waals surface area contributed by atoms with Crippen molar-refractivity contribution in [2.45, 2.75) is 40.0 Å². The molecule has 0 aromatic rings. The van der Waals surface area contributed by atoms with E-state index in [-0.39, 0.29) is 0 Å². The lowest BCUT2D eigenvalue weighted by Gasteiger charge is -2.17. The fraction of sp³-hybridized carbons (Fsp3) is 0.750. The summed E-state index contributed by atoms with van der Waals surface area (Å²) in [5, 5.41) is 0. The van der Waals surface area contributed by atoms with E-state index in [4.69, 9.17) is 18.8 Å². The van der Waals surface area contributed by atoms with Crippen LogP contribution in [-0.4, -0.2) is 23.4 Å². The van der Waals surface area contributed by atoms with Crippen molar-refractivity contribution in [2.24, 2.45) is 0 Å². The summed E-state index contributed by atoms with van der Waals surface area (Å²) in [6.45, 7) is 5.78. The van der Waals surface area contributed by atoms with Crippen LogP contribution in [0.1, 0.15) is 40.0 Å². The minimum Gasteiger partial charge on any atom is -0.484 e. The highest BCUT2D eigenvalue weighted by Gasteiger charge is 2.34. The van der Waals surface area contributed by atoms with Gasteiger partial charge in [-0.15, -0.1) is 0 Å². The first-order valence-corrected chi connectivity index (χ1v) is 6.26. The summed E-state index contributed by atoms with van der Waals surface area (Å²) < 4.78 is 4.72. The Morgan fingerprint density at radius 1 is 1.00 bits per heavy atom. The zero-order valence-corrected chi connectivity index (χ0v) is 9.37. The van der Waals surface area contributed by atoms with Gasteiger partial charge in [0.25, 0.3) is 0 Å². The first-order chi connectivity index (χ1) is 5.94. The third-order valence-corrected chi connectivity index (χ3v) is 2.35. The fourth-order valence-electron chi connectivity index (χ4n) is 1.20. The molecule has 0 rings (SSSR count). The summed E-state index contributed by atoms with van der Waals surface area (Å²) in [6.07, 6.45) is 2.15. The zero-order chi connectivity index (χ0) is 10.5. The maximum atomic E-state index is 8.75. The van der Waals surface area contributed by atoms with Gasteiger partial charge in [0, 0.05) is 6.42 Å². The molecule has 4 nitrogen and oxygen atoms in total. The quantitative estimate of drug-likeness (QED) is 0.462. The summed E-state index contributed by atoms with van der Waals surface area (Å²) in [5.41, 5.74) is 1.01. The lowest BCUT2D eigenvalue weighted by Crippen LogP contribution is -2.38. The van der Waals surface area contributed by atoms with Gasteiger partial charge in [-0.05, 0) is 18.4 Å². The summed E-state index contributed by atoms with van der Waals surface area (Å²) >= 11 is 0. The van der Waals surface area contributed by atoms with Gasteiger partial charge in [0.2, 0.25) is 0 Å². The van der Waals surface area contributed by atoms with Crippen LogP contribution in [0, 0.1) is 0 Å². The first kappa shape index (κ1) is 12.6. The second kappa shape index (κ2) is 5.38. The largest absolute Gasteiger partial charge is 0.741 e. The second-order valence-electron chi connectivity index (χ2n) is 2.76. The Labute approximate surface area is 80.0 Å². The van der Waals surface area contributed by atoms with Crippen molar-refractivity contribution in [2.75, 3.05) is 0 Å². The molecular weight excluding hydrogens is 188 g/mol. The van der Waals surface area contributed by atoms with Crippen LogP contribution in [0.3, 0.4) is 0 Å². The van der Waals surface area contributed by atoms with E-state index in [9.17, 15) is 0 Å². The molecule has 78 valence electrons. The van der Waals surface area contributed by atoms with E-state index in [1.807, 2.05) is 20.8 Å². The van der Waals surface area contributed by atoms with Crippen molar-refractivity contribution in [1.82, 2.24) is 0 Å². The Morgan fingerprint density at radius 3 is 1.69 bits per heavy atom. The van der Waals surface area contributed by atoms with Crippen LogP contribution in [-0.2, 0) is 4.43 Å². The van der Waals surface area contributed by atoms with Gasteiger partial charge in [0.1, 0.15) is 0 Å². The average Bonchev–Trinajstić information content (AvgIpc) is 2.02. The molecule has 3 N–H and O–H groups in total. The van der Waals surface area contributed by atoms with Crippen LogP contribution < -0.4 is 0 Å². The molecule has 0 unspecified atom stereocenters. The molecule has 0 heterocycles. The maximum absolute atomic E-state index is 8.75. The van der Waals surface area contributed by atoms with Crippen molar-refractivity contribution < 1.29 is 18.8 Å². The van der Waals surface area contributed by atoms with Gasteiger partial charge in [0.15, 0.2) is 0 Å². The molecule has 0 atom stereocenters. The lowest BCUT2D eigenvalue weighted by molar-refractivity contribution is 0.0904. The van der Waals surface area contributed by atoms with E-state index in [1.165, 1.54) is 0 Å². The van der Waals surface area contributed by atoms with Gasteiger partial charge in [-0.2, -0.15) is 0 Å². The Kier molecular flexibility index (Phi) is 5.23. The Hall–Kier alpha value is -0.363. The highest BCUT2D eigenvalue weighted by atomic mass is 28.4. The minimum absolute atomic E-state index is 0.504. The van der Waals surface area contributed by atoms with Crippen LogP contribution >= 0.6 is 0 Å². The third kappa shape index (κ3) is 5.04. The molecule has 0 radical (unpaired) electrons. The van der Waals surface area contributed by atoms with E-state index >= 15 is 0 Å². The first-order valence-electron chi connectivity index (χ1n) is 4.51. The number of allylic oxidation sites excluding steroid dienone is 2. The highest BCUT2D eigenvalue weighted by molar-refractivity contribution is 6.48. The van der Waals surface area contributed by atoms with Crippen molar-refractivity contribution in [3.63, 3.8) is 0 Å². The summed E-state index contributed by atoms with van der Waals surface area (Å²) in [5.74, 6) is 0.504.